The zero-order valence-electron chi connectivity index (χ0n) is 16.8. The van der Waals surface area contributed by atoms with E-state index in [1.165, 1.54) is 5.56 Å². The summed E-state index contributed by atoms with van der Waals surface area (Å²) in [6.07, 6.45) is 3.14. The number of benzene rings is 3. The topological polar surface area (TPSA) is 52.6 Å². The number of carbonyl (C=O) groups is 2. The molecule has 0 bridgehead atoms. The molecule has 0 radical (unpaired) electrons. The molecule has 0 aliphatic rings. The van der Waals surface area contributed by atoms with Gasteiger partial charge in [0.2, 0.25) is 0 Å². The molecule has 0 saturated heterocycles. The molecule has 3 aromatic carbocycles. The van der Waals surface area contributed by atoms with Gasteiger partial charge in [0.25, 0.3) is 0 Å². The van der Waals surface area contributed by atoms with Crippen LogP contribution in [0.5, 0.6) is 11.5 Å². The summed E-state index contributed by atoms with van der Waals surface area (Å²) in [5, 5.41) is 0. The van der Waals surface area contributed by atoms with Crippen LogP contribution in [0.2, 0.25) is 0 Å². The monoisotopic (exact) mass is 398 g/mol. The minimum absolute atomic E-state index is 0.480. The highest BCUT2D eigenvalue weighted by molar-refractivity contribution is 5.84. The van der Waals surface area contributed by atoms with E-state index in [-0.39, 0.29) is 0 Å². The molecule has 3 rings (SSSR count). The highest BCUT2D eigenvalue weighted by Gasteiger charge is 2.08. The van der Waals surface area contributed by atoms with Crippen LogP contribution < -0.4 is 9.47 Å². The largest absolute Gasteiger partial charge is 0.423 e. The van der Waals surface area contributed by atoms with Gasteiger partial charge in [0.15, 0.2) is 0 Å². The molecule has 0 atom stereocenters. The van der Waals surface area contributed by atoms with Crippen molar-refractivity contribution < 1.29 is 19.1 Å². The Labute approximate surface area is 176 Å². The van der Waals surface area contributed by atoms with Gasteiger partial charge >= 0.3 is 11.9 Å². The Hall–Kier alpha value is -3.92. The molecule has 4 heteroatoms. The van der Waals surface area contributed by atoms with E-state index in [1.807, 2.05) is 24.3 Å². The molecular formula is C26H22O4. The summed E-state index contributed by atoms with van der Waals surface area (Å²) in [5.41, 5.74) is 5.48. The molecule has 0 N–H and O–H groups in total. The quantitative estimate of drug-likeness (QED) is 0.288. The molecule has 0 amide bonds. The van der Waals surface area contributed by atoms with Gasteiger partial charge in [-0.3, -0.25) is 0 Å². The summed E-state index contributed by atoms with van der Waals surface area (Å²) >= 11 is 0. The van der Waals surface area contributed by atoms with E-state index in [1.54, 1.807) is 24.3 Å². The minimum Gasteiger partial charge on any atom is -0.423 e. The van der Waals surface area contributed by atoms with Crippen molar-refractivity contribution in [2.24, 2.45) is 0 Å². The number of aryl methyl sites for hydroxylation is 1. The van der Waals surface area contributed by atoms with Crippen molar-refractivity contribution in [1.82, 2.24) is 0 Å². The second-order valence-corrected chi connectivity index (χ2v) is 6.52. The van der Waals surface area contributed by atoms with Crippen LogP contribution in [0.3, 0.4) is 0 Å². The first-order valence-corrected chi connectivity index (χ1v) is 9.56. The molecule has 0 aliphatic heterocycles. The van der Waals surface area contributed by atoms with Gasteiger partial charge in [-0.1, -0.05) is 62.5 Å². The van der Waals surface area contributed by atoms with Crippen LogP contribution in [0.15, 0.2) is 92.0 Å². The van der Waals surface area contributed by atoms with Crippen molar-refractivity contribution >= 4 is 11.9 Å². The van der Waals surface area contributed by atoms with Crippen LogP contribution in [0.4, 0.5) is 0 Å². The number of hydrogen-bond acceptors (Lipinski definition) is 4. The zero-order chi connectivity index (χ0) is 21.5. The Bertz CT molecular complexity index is 1080. The molecule has 0 saturated carbocycles. The van der Waals surface area contributed by atoms with E-state index in [0.29, 0.717) is 11.5 Å². The Kier molecular flexibility index (Phi) is 6.60. The Morgan fingerprint density at radius 2 is 1.20 bits per heavy atom. The SMILES string of the molecule is C=CC(=O)Oc1ccc(-c2ccc(-c3ccc(OC(=O)C=C)cc3)c(CC)c2)cc1. The van der Waals surface area contributed by atoms with E-state index in [9.17, 15) is 9.59 Å². The molecule has 0 heterocycles. The molecule has 30 heavy (non-hydrogen) atoms. The van der Waals surface area contributed by atoms with E-state index >= 15 is 0 Å². The van der Waals surface area contributed by atoms with Gasteiger partial charge in [-0.25, -0.2) is 9.59 Å². The van der Waals surface area contributed by atoms with Crippen LogP contribution in [-0.2, 0) is 16.0 Å². The normalized spacial score (nSPS) is 10.2. The maximum absolute atomic E-state index is 11.3. The van der Waals surface area contributed by atoms with Gasteiger partial charge in [-0.2, -0.15) is 0 Å². The zero-order valence-corrected chi connectivity index (χ0v) is 16.8. The lowest BCUT2D eigenvalue weighted by Crippen LogP contribution is -2.02. The molecule has 3 aromatic rings. The molecule has 0 spiro atoms. The fourth-order valence-corrected chi connectivity index (χ4v) is 3.08. The third-order valence-electron chi connectivity index (χ3n) is 4.61. The van der Waals surface area contributed by atoms with Gasteiger partial charge in [0.05, 0.1) is 0 Å². The highest BCUT2D eigenvalue weighted by Crippen LogP contribution is 2.31. The average molecular weight is 398 g/mol. The maximum atomic E-state index is 11.3. The first-order chi connectivity index (χ1) is 14.5. The molecular weight excluding hydrogens is 376 g/mol. The van der Waals surface area contributed by atoms with Crippen molar-refractivity contribution in [3.63, 3.8) is 0 Å². The lowest BCUT2D eigenvalue weighted by molar-refractivity contribution is -0.129. The summed E-state index contributed by atoms with van der Waals surface area (Å²) in [4.78, 5) is 22.6. The minimum atomic E-state index is -0.481. The summed E-state index contributed by atoms with van der Waals surface area (Å²) in [6, 6.07) is 21.1. The summed E-state index contributed by atoms with van der Waals surface area (Å²) in [6.45, 7) is 8.91. The van der Waals surface area contributed by atoms with Crippen LogP contribution in [0, 0.1) is 0 Å². The molecule has 4 nitrogen and oxygen atoms in total. The molecule has 150 valence electrons. The standard InChI is InChI=1S/C26H22O4/c1-4-18-17-21(19-7-12-22(13-8-19)29-25(27)5-2)11-16-24(18)20-9-14-23(15-10-20)30-26(28)6-3/h5-17H,2-4H2,1H3. The molecule has 0 fully saturated rings. The maximum Gasteiger partial charge on any atom is 0.335 e. The van der Waals surface area contributed by atoms with Crippen LogP contribution >= 0.6 is 0 Å². The van der Waals surface area contributed by atoms with Crippen molar-refractivity contribution in [1.29, 1.82) is 0 Å². The first-order valence-electron chi connectivity index (χ1n) is 9.56. The number of esters is 2. The van der Waals surface area contributed by atoms with Crippen molar-refractivity contribution in [2.75, 3.05) is 0 Å². The lowest BCUT2D eigenvalue weighted by atomic mass is 9.93. The second kappa shape index (κ2) is 9.52. The molecule has 0 unspecified atom stereocenters. The number of carbonyl (C=O) groups excluding carboxylic acids is 2. The Balaban J connectivity index is 1.84. The van der Waals surface area contributed by atoms with Gasteiger partial charge in [0, 0.05) is 12.2 Å². The van der Waals surface area contributed by atoms with Gasteiger partial charge in [0.1, 0.15) is 11.5 Å². The van der Waals surface area contributed by atoms with Crippen LogP contribution in [-0.4, -0.2) is 11.9 Å². The van der Waals surface area contributed by atoms with Gasteiger partial charge in [-0.15, -0.1) is 0 Å². The number of ether oxygens (including phenoxy) is 2. The lowest BCUT2D eigenvalue weighted by Gasteiger charge is -2.12. The smallest absolute Gasteiger partial charge is 0.335 e. The summed E-state index contributed by atoms with van der Waals surface area (Å²) < 4.78 is 10.3. The third-order valence-corrected chi connectivity index (χ3v) is 4.61. The summed E-state index contributed by atoms with van der Waals surface area (Å²) in [7, 11) is 0. The predicted molar refractivity (Wildman–Crippen MR) is 118 cm³/mol. The van der Waals surface area contributed by atoms with Crippen LogP contribution in [0.1, 0.15) is 12.5 Å². The highest BCUT2D eigenvalue weighted by atomic mass is 16.5. The van der Waals surface area contributed by atoms with Gasteiger partial charge < -0.3 is 9.47 Å². The van der Waals surface area contributed by atoms with E-state index in [2.05, 4.69) is 38.3 Å². The van der Waals surface area contributed by atoms with Crippen molar-refractivity contribution in [2.45, 2.75) is 13.3 Å². The fourth-order valence-electron chi connectivity index (χ4n) is 3.08. The number of hydrogen-bond donors (Lipinski definition) is 0. The van der Waals surface area contributed by atoms with E-state index in [0.717, 1.165) is 40.8 Å². The fraction of sp³-hybridized carbons (Fsp3) is 0.0769. The Morgan fingerprint density at radius 1 is 0.733 bits per heavy atom. The molecule has 0 aliphatic carbocycles. The Morgan fingerprint density at radius 3 is 1.67 bits per heavy atom. The van der Waals surface area contributed by atoms with E-state index in [4.69, 9.17) is 9.47 Å². The van der Waals surface area contributed by atoms with Crippen molar-refractivity contribution in [3.8, 4) is 33.8 Å². The van der Waals surface area contributed by atoms with Crippen LogP contribution in [0.25, 0.3) is 22.3 Å². The van der Waals surface area contributed by atoms with E-state index < -0.39 is 11.9 Å². The van der Waals surface area contributed by atoms with Crippen molar-refractivity contribution in [3.05, 3.63) is 97.6 Å². The second-order valence-electron chi connectivity index (χ2n) is 6.52. The predicted octanol–water partition coefficient (Wildman–Crippen LogP) is 5.77. The summed E-state index contributed by atoms with van der Waals surface area (Å²) in [5.74, 6) is 0.000990. The third kappa shape index (κ3) is 4.92. The average Bonchev–Trinajstić information content (AvgIpc) is 2.79. The number of rotatable bonds is 7. The van der Waals surface area contributed by atoms with Gasteiger partial charge in [-0.05, 0) is 58.5 Å². The molecule has 0 aromatic heterocycles. The first kappa shape index (κ1) is 20.8.